The van der Waals surface area contributed by atoms with Crippen LogP contribution in [0.15, 0.2) is 0 Å². The van der Waals surface area contributed by atoms with E-state index in [1.54, 1.807) is 0 Å². The van der Waals surface area contributed by atoms with E-state index in [2.05, 4.69) is 4.84 Å². The predicted octanol–water partition coefficient (Wildman–Crippen LogP) is -0.502. The molecule has 0 aliphatic carbocycles. The summed E-state index contributed by atoms with van der Waals surface area (Å²) in [5, 5.41) is 9.19. The molecule has 0 unspecified atom stereocenters. The summed E-state index contributed by atoms with van der Waals surface area (Å²) in [6.07, 6.45) is -1.50. The van der Waals surface area contributed by atoms with Crippen molar-refractivity contribution in [2.24, 2.45) is 0 Å². The van der Waals surface area contributed by atoms with Crippen molar-refractivity contribution < 1.29 is 24.0 Å². The van der Waals surface area contributed by atoms with Gasteiger partial charge in [-0.2, -0.15) is 0 Å². The Kier molecular flexibility index (Phi) is 3.53. The summed E-state index contributed by atoms with van der Waals surface area (Å²) in [4.78, 5) is 14.7. The summed E-state index contributed by atoms with van der Waals surface area (Å²) in [5.74, 6) is 0.529. The molecule has 0 saturated carbocycles. The fourth-order valence-corrected chi connectivity index (χ4v) is 3.26. The molecule has 2 heterocycles. The number of ether oxygens (including phenoxy) is 2. The zero-order chi connectivity index (χ0) is 11.7. The first kappa shape index (κ1) is 11.9. The van der Waals surface area contributed by atoms with Gasteiger partial charge < -0.3 is 18.9 Å². The molecular formula is C8H13NO6S. The van der Waals surface area contributed by atoms with E-state index in [-0.39, 0.29) is 18.0 Å². The van der Waals surface area contributed by atoms with Crippen LogP contribution < -0.4 is 0 Å². The molecule has 2 aliphatic heterocycles. The molecule has 0 aromatic carbocycles. The second-order valence-corrected chi connectivity index (χ2v) is 5.62. The smallest absolute Gasteiger partial charge is 0.294 e. The number of nitrogens with zero attached hydrogens (tertiary/aromatic N) is 1. The van der Waals surface area contributed by atoms with Gasteiger partial charge in [0.2, 0.25) is 0 Å². The van der Waals surface area contributed by atoms with Gasteiger partial charge in [0.15, 0.2) is 11.4 Å². The van der Waals surface area contributed by atoms with Crippen molar-refractivity contribution in [1.82, 2.24) is 0 Å². The normalized spacial score (nSPS) is 39.4. The minimum absolute atomic E-state index is 0.119. The van der Waals surface area contributed by atoms with Crippen molar-refractivity contribution in [2.45, 2.75) is 30.5 Å². The molecule has 2 rings (SSSR count). The molecule has 16 heavy (non-hydrogen) atoms. The minimum Gasteiger partial charge on any atom is -0.616 e. The first-order valence-electron chi connectivity index (χ1n) is 5.05. The summed E-state index contributed by atoms with van der Waals surface area (Å²) in [6.45, 7) is 2.25. The van der Waals surface area contributed by atoms with Crippen molar-refractivity contribution >= 4 is 11.2 Å². The van der Waals surface area contributed by atoms with Gasteiger partial charge >= 0.3 is 0 Å². The summed E-state index contributed by atoms with van der Waals surface area (Å²) >= 11 is -1.02. The molecule has 0 radical (unpaired) electrons. The highest BCUT2D eigenvalue weighted by Gasteiger charge is 2.53. The van der Waals surface area contributed by atoms with Gasteiger partial charge in [-0.3, -0.25) is 0 Å². The third kappa shape index (κ3) is 2.10. The van der Waals surface area contributed by atoms with Crippen LogP contribution in [0, 0.1) is 10.1 Å². The van der Waals surface area contributed by atoms with Gasteiger partial charge in [-0.15, -0.1) is 10.1 Å². The fourth-order valence-electron chi connectivity index (χ4n) is 2.07. The Morgan fingerprint density at radius 2 is 2.12 bits per heavy atom. The monoisotopic (exact) mass is 251 g/mol. The molecule has 0 aromatic heterocycles. The van der Waals surface area contributed by atoms with Crippen LogP contribution in [0.25, 0.3) is 0 Å². The molecular weight excluding hydrogens is 238 g/mol. The molecule has 0 spiro atoms. The lowest BCUT2D eigenvalue weighted by Crippen LogP contribution is -2.38. The SMILES string of the molecule is CC[S@+]([O-])[C@@H]1CO[C@H]2[C@@H]1OC[C@H]2O[N+](=O)[O-]. The molecule has 2 aliphatic rings. The number of rotatable bonds is 4. The standard InChI is InChI=1S/C8H13NO6S/c1-2-16(12)6-4-14-7-5(15-9(10)11)3-13-8(6)7/h5-8H,2-4H2,1H3/t5-,6-,7-,8-,16+/m1/s1. The average Bonchev–Trinajstić information content (AvgIpc) is 2.79. The lowest BCUT2D eigenvalue weighted by atomic mass is 10.1. The highest BCUT2D eigenvalue weighted by molar-refractivity contribution is 7.92. The van der Waals surface area contributed by atoms with E-state index >= 15 is 0 Å². The number of hydrogen-bond donors (Lipinski definition) is 0. The lowest BCUT2D eigenvalue weighted by molar-refractivity contribution is -0.769. The van der Waals surface area contributed by atoms with Crippen LogP contribution in [0.1, 0.15) is 6.92 Å². The Hall–Kier alpha value is -0.570. The third-order valence-corrected chi connectivity index (χ3v) is 4.45. The van der Waals surface area contributed by atoms with Crippen LogP contribution >= 0.6 is 0 Å². The molecule has 2 fully saturated rings. The zero-order valence-corrected chi connectivity index (χ0v) is 9.55. The summed E-state index contributed by atoms with van der Waals surface area (Å²) < 4.78 is 22.4. The average molecular weight is 251 g/mol. The summed E-state index contributed by atoms with van der Waals surface area (Å²) in [6, 6.07) is 0. The van der Waals surface area contributed by atoms with Crippen LogP contribution in [0.3, 0.4) is 0 Å². The summed E-state index contributed by atoms with van der Waals surface area (Å²) in [5.41, 5.74) is 0. The van der Waals surface area contributed by atoms with E-state index in [0.717, 1.165) is 0 Å². The zero-order valence-electron chi connectivity index (χ0n) is 8.74. The summed E-state index contributed by atoms with van der Waals surface area (Å²) in [7, 11) is 0. The molecule has 5 atom stereocenters. The molecule has 0 bridgehead atoms. The van der Waals surface area contributed by atoms with E-state index in [0.29, 0.717) is 12.4 Å². The first-order valence-corrected chi connectivity index (χ1v) is 6.43. The Bertz CT molecular complexity index is 277. The Balaban J connectivity index is 1.98. The van der Waals surface area contributed by atoms with Crippen LogP contribution in [-0.4, -0.2) is 52.2 Å². The topological polar surface area (TPSA) is 93.9 Å². The van der Waals surface area contributed by atoms with Gasteiger partial charge in [-0.05, 0) is 18.1 Å². The third-order valence-electron chi connectivity index (χ3n) is 2.81. The van der Waals surface area contributed by atoms with Gasteiger partial charge in [0.1, 0.15) is 18.0 Å². The van der Waals surface area contributed by atoms with Gasteiger partial charge in [0, 0.05) is 0 Å². The van der Waals surface area contributed by atoms with Gasteiger partial charge in [0.25, 0.3) is 5.09 Å². The quantitative estimate of drug-likeness (QED) is 0.380. The lowest BCUT2D eigenvalue weighted by Gasteiger charge is -2.19. The Morgan fingerprint density at radius 1 is 1.44 bits per heavy atom. The van der Waals surface area contributed by atoms with Gasteiger partial charge in [-0.1, -0.05) is 0 Å². The van der Waals surface area contributed by atoms with Crippen LogP contribution in [0.2, 0.25) is 0 Å². The molecule has 8 heteroatoms. The predicted molar refractivity (Wildman–Crippen MR) is 53.8 cm³/mol. The van der Waals surface area contributed by atoms with E-state index in [1.807, 2.05) is 6.92 Å². The molecule has 92 valence electrons. The first-order chi connectivity index (χ1) is 7.63. The number of hydrogen-bond acceptors (Lipinski definition) is 6. The highest BCUT2D eigenvalue weighted by atomic mass is 32.2. The van der Waals surface area contributed by atoms with Crippen molar-refractivity contribution in [3.63, 3.8) is 0 Å². The second kappa shape index (κ2) is 4.74. The Labute approximate surface area is 95.3 Å². The van der Waals surface area contributed by atoms with E-state index in [1.165, 1.54) is 0 Å². The molecule has 0 amide bonds. The van der Waals surface area contributed by atoms with Gasteiger partial charge in [0.05, 0.1) is 13.2 Å². The van der Waals surface area contributed by atoms with E-state index < -0.39 is 28.5 Å². The molecule has 0 N–H and O–H groups in total. The largest absolute Gasteiger partial charge is 0.616 e. The van der Waals surface area contributed by atoms with Crippen LogP contribution in [-0.2, 0) is 25.5 Å². The Morgan fingerprint density at radius 3 is 2.75 bits per heavy atom. The fraction of sp³-hybridized carbons (Fsp3) is 1.00. The van der Waals surface area contributed by atoms with Crippen molar-refractivity contribution in [3.05, 3.63) is 10.1 Å². The van der Waals surface area contributed by atoms with Crippen molar-refractivity contribution in [1.29, 1.82) is 0 Å². The minimum atomic E-state index is -1.02. The molecule has 2 saturated heterocycles. The van der Waals surface area contributed by atoms with Gasteiger partial charge in [-0.25, -0.2) is 0 Å². The van der Waals surface area contributed by atoms with Crippen molar-refractivity contribution in [2.75, 3.05) is 19.0 Å². The maximum absolute atomic E-state index is 11.7. The van der Waals surface area contributed by atoms with Crippen molar-refractivity contribution in [3.8, 4) is 0 Å². The highest BCUT2D eigenvalue weighted by Crippen LogP contribution is 2.32. The van der Waals surface area contributed by atoms with Crippen LogP contribution in [0.4, 0.5) is 0 Å². The maximum Gasteiger partial charge on any atom is 0.294 e. The van der Waals surface area contributed by atoms with E-state index in [4.69, 9.17) is 9.47 Å². The molecule has 7 nitrogen and oxygen atoms in total. The maximum atomic E-state index is 11.7. The second-order valence-electron chi connectivity index (χ2n) is 3.67. The van der Waals surface area contributed by atoms with E-state index in [9.17, 15) is 14.7 Å². The molecule has 0 aromatic rings. The van der Waals surface area contributed by atoms with Crippen LogP contribution in [0.5, 0.6) is 0 Å². The number of fused-ring (bicyclic) bond motifs is 1.